The van der Waals surface area contributed by atoms with E-state index in [4.69, 9.17) is 4.98 Å². The Kier molecular flexibility index (Phi) is 5.20. The van der Waals surface area contributed by atoms with Crippen molar-refractivity contribution in [2.24, 2.45) is 0 Å². The lowest BCUT2D eigenvalue weighted by Crippen LogP contribution is -2.23. The number of benzene rings is 2. The second-order valence-electron chi connectivity index (χ2n) is 8.59. The molecule has 0 radical (unpaired) electrons. The molecule has 170 valence electrons. The quantitative estimate of drug-likeness (QED) is 0.297. The molecule has 0 saturated heterocycles. The third-order valence-corrected chi connectivity index (χ3v) is 5.92. The molecule has 0 bridgehead atoms. The Balaban J connectivity index is 1.62. The fourth-order valence-electron chi connectivity index (χ4n) is 3.97. The predicted molar refractivity (Wildman–Crippen MR) is 126 cm³/mol. The molecule has 0 atom stereocenters. The van der Waals surface area contributed by atoms with E-state index in [-0.39, 0.29) is 0 Å². The van der Waals surface area contributed by atoms with E-state index >= 15 is 0 Å². The third kappa shape index (κ3) is 3.94. The average Bonchev–Trinajstić information content (AvgIpc) is 3.35. The first-order valence-electron chi connectivity index (χ1n) is 10.8. The highest BCUT2D eigenvalue weighted by Gasteiger charge is 2.34. The lowest BCUT2D eigenvalue weighted by Gasteiger charge is -2.25. The monoisotopic (exact) mass is 458 g/mol. The number of hydrogen-bond acceptors (Lipinski definition) is 3. The predicted octanol–water partition coefficient (Wildman–Crippen LogP) is 6.83. The molecule has 3 heterocycles. The van der Waals surface area contributed by atoms with Crippen LogP contribution in [0.5, 0.6) is 0 Å². The molecule has 0 aliphatic carbocycles. The van der Waals surface area contributed by atoms with Crippen LogP contribution in [0.4, 0.5) is 13.2 Å². The van der Waals surface area contributed by atoms with Gasteiger partial charge in [-0.3, -0.25) is 4.98 Å². The van der Waals surface area contributed by atoms with Crippen molar-refractivity contribution in [1.82, 2.24) is 19.7 Å². The zero-order valence-corrected chi connectivity index (χ0v) is 18.6. The topological polar surface area (TPSA) is 43.6 Å². The maximum absolute atomic E-state index is 13.0. The van der Waals surface area contributed by atoms with Crippen molar-refractivity contribution >= 4 is 10.8 Å². The Labute approximate surface area is 194 Å². The van der Waals surface area contributed by atoms with E-state index in [0.29, 0.717) is 11.5 Å². The van der Waals surface area contributed by atoms with Gasteiger partial charge < -0.3 is 0 Å². The van der Waals surface area contributed by atoms with Crippen molar-refractivity contribution in [2.45, 2.75) is 25.4 Å². The zero-order valence-electron chi connectivity index (χ0n) is 18.6. The molecule has 2 aromatic carbocycles. The lowest BCUT2D eigenvalue weighted by molar-refractivity contribution is -0.141. The van der Waals surface area contributed by atoms with Crippen LogP contribution >= 0.6 is 0 Å². The number of pyridine rings is 2. The minimum atomic E-state index is -4.51. The summed E-state index contributed by atoms with van der Waals surface area (Å²) in [5, 5.41) is 5.76. The SMILES string of the molecule is CC(C)(c1cccc(-n2ccc(C(F)(F)F)n2)n1)c1cc2ccccc2c(-c2ccccc2)n1. The second kappa shape index (κ2) is 8.09. The molecular weight excluding hydrogens is 437 g/mol. The van der Waals surface area contributed by atoms with Gasteiger partial charge in [-0.25, -0.2) is 9.67 Å². The molecule has 0 amide bonds. The molecule has 5 rings (SSSR count). The van der Waals surface area contributed by atoms with Gasteiger partial charge in [0.05, 0.1) is 17.1 Å². The van der Waals surface area contributed by atoms with Gasteiger partial charge in [0, 0.05) is 22.6 Å². The van der Waals surface area contributed by atoms with E-state index in [9.17, 15) is 13.2 Å². The smallest absolute Gasteiger partial charge is 0.251 e. The molecule has 3 aromatic heterocycles. The first-order chi connectivity index (χ1) is 16.2. The summed E-state index contributed by atoms with van der Waals surface area (Å²) in [5.74, 6) is 0.310. The Morgan fingerprint density at radius 3 is 2.18 bits per heavy atom. The van der Waals surface area contributed by atoms with Crippen LogP contribution in [0.2, 0.25) is 0 Å². The van der Waals surface area contributed by atoms with E-state index in [1.54, 1.807) is 12.1 Å². The van der Waals surface area contributed by atoms with Gasteiger partial charge >= 0.3 is 6.18 Å². The first-order valence-corrected chi connectivity index (χ1v) is 10.8. The molecule has 0 N–H and O–H groups in total. The minimum Gasteiger partial charge on any atom is -0.251 e. The summed E-state index contributed by atoms with van der Waals surface area (Å²) < 4.78 is 40.2. The van der Waals surface area contributed by atoms with Crippen LogP contribution < -0.4 is 0 Å². The van der Waals surface area contributed by atoms with E-state index in [2.05, 4.69) is 22.2 Å². The fourth-order valence-corrected chi connectivity index (χ4v) is 3.97. The largest absolute Gasteiger partial charge is 0.435 e. The Morgan fingerprint density at radius 1 is 0.706 bits per heavy atom. The van der Waals surface area contributed by atoms with E-state index < -0.39 is 17.3 Å². The van der Waals surface area contributed by atoms with Crippen molar-refractivity contribution in [3.05, 3.63) is 108 Å². The van der Waals surface area contributed by atoms with E-state index in [1.807, 2.05) is 68.4 Å². The molecule has 0 fully saturated rings. The maximum atomic E-state index is 13.0. The van der Waals surface area contributed by atoms with Crippen LogP contribution in [0.3, 0.4) is 0 Å². The van der Waals surface area contributed by atoms with Crippen LogP contribution in [0.15, 0.2) is 91.1 Å². The van der Waals surface area contributed by atoms with Crippen LogP contribution in [0.1, 0.15) is 30.9 Å². The Morgan fingerprint density at radius 2 is 1.44 bits per heavy atom. The number of hydrogen-bond donors (Lipinski definition) is 0. The summed E-state index contributed by atoms with van der Waals surface area (Å²) in [6.45, 7) is 4.02. The number of fused-ring (bicyclic) bond motifs is 1. The zero-order chi connectivity index (χ0) is 23.9. The van der Waals surface area contributed by atoms with Crippen molar-refractivity contribution in [3.8, 4) is 17.1 Å². The highest BCUT2D eigenvalue weighted by atomic mass is 19.4. The molecule has 0 unspecified atom stereocenters. The Bertz CT molecular complexity index is 1470. The summed E-state index contributed by atoms with van der Waals surface area (Å²) in [6.07, 6.45) is -3.24. The first kappa shape index (κ1) is 21.8. The number of halogens is 3. The van der Waals surface area contributed by atoms with Crippen molar-refractivity contribution in [3.63, 3.8) is 0 Å². The van der Waals surface area contributed by atoms with Crippen molar-refractivity contribution in [1.29, 1.82) is 0 Å². The maximum Gasteiger partial charge on any atom is 0.435 e. The molecule has 7 heteroatoms. The molecule has 0 spiro atoms. The number of rotatable bonds is 4. The van der Waals surface area contributed by atoms with Crippen LogP contribution in [0, 0.1) is 0 Å². The summed E-state index contributed by atoms with van der Waals surface area (Å²) in [5.41, 5.74) is 1.79. The molecule has 0 saturated carbocycles. The van der Waals surface area contributed by atoms with Gasteiger partial charge in [-0.15, -0.1) is 0 Å². The summed E-state index contributed by atoms with van der Waals surface area (Å²) in [6, 6.07) is 26.3. The van der Waals surface area contributed by atoms with E-state index in [0.717, 1.165) is 38.5 Å². The second-order valence-corrected chi connectivity index (χ2v) is 8.59. The molecule has 0 aliphatic rings. The van der Waals surface area contributed by atoms with Gasteiger partial charge in [-0.05, 0) is 43.5 Å². The summed E-state index contributed by atoms with van der Waals surface area (Å²) in [7, 11) is 0. The molecule has 34 heavy (non-hydrogen) atoms. The number of alkyl halides is 3. The highest BCUT2D eigenvalue weighted by Crippen LogP contribution is 2.35. The normalized spacial score (nSPS) is 12.3. The van der Waals surface area contributed by atoms with Crippen molar-refractivity contribution in [2.75, 3.05) is 0 Å². The van der Waals surface area contributed by atoms with Gasteiger partial charge in [0.25, 0.3) is 0 Å². The molecule has 4 nitrogen and oxygen atoms in total. The van der Waals surface area contributed by atoms with Crippen LogP contribution in [-0.4, -0.2) is 19.7 Å². The minimum absolute atomic E-state index is 0.310. The van der Waals surface area contributed by atoms with Crippen LogP contribution in [0.25, 0.3) is 27.8 Å². The molecular formula is C27H21F3N4. The van der Waals surface area contributed by atoms with Gasteiger partial charge in [-0.1, -0.05) is 60.7 Å². The summed E-state index contributed by atoms with van der Waals surface area (Å²) >= 11 is 0. The van der Waals surface area contributed by atoms with Gasteiger partial charge in [0.2, 0.25) is 0 Å². The number of nitrogens with zero attached hydrogens (tertiary/aromatic N) is 4. The molecule has 0 aliphatic heterocycles. The third-order valence-electron chi connectivity index (χ3n) is 5.92. The van der Waals surface area contributed by atoms with E-state index in [1.165, 1.54) is 6.20 Å². The highest BCUT2D eigenvalue weighted by molar-refractivity contribution is 5.95. The van der Waals surface area contributed by atoms with Gasteiger partial charge in [0.1, 0.15) is 0 Å². The van der Waals surface area contributed by atoms with Crippen LogP contribution in [-0.2, 0) is 11.6 Å². The molecule has 5 aromatic rings. The summed E-state index contributed by atoms with van der Waals surface area (Å²) in [4.78, 5) is 9.71. The van der Waals surface area contributed by atoms with Gasteiger partial charge in [-0.2, -0.15) is 18.3 Å². The van der Waals surface area contributed by atoms with Gasteiger partial charge in [0.15, 0.2) is 11.5 Å². The number of aromatic nitrogens is 4. The fraction of sp³-hybridized carbons (Fsp3) is 0.148. The standard InChI is InChI=1S/C27H21F3N4/c1-26(2,21-13-8-14-24(31-21)34-16-15-22(33-34)27(28,29)30)23-17-19-11-6-7-12-20(19)25(32-23)18-9-4-3-5-10-18/h3-17H,1-2H3. The Hall–Kier alpha value is -4.00. The lowest BCUT2D eigenvalue weighted by atomic mass is 9.83. The average molecular weight is 458 g/mol. The van der Waals surface area contributed by atoms with Crippen molar-refractivity contribution < 1.29 is 13.2 Å².